The highest BCUT2D eigenvalue weighted by atomic mass is 32.2. The summed E-state index contributed by atoms with van der Waals surface area (Å²) in [7, 11) is -3.32. The zero-order valence-electron chi connectivity index (χ0n) is 14.2. The summed E-state index contributed by atoms with van der Waals surface area (Å²) in [4.78, 5) is 26.0. The van der Waals surface area contributed by atoms with E-state index in [9.17, 15) is 18.0 Å². The van der Waals surface area contributed by atoms with E-state index in [2.05, 4.69) is 0 Å². The molecule has 0 atom stereocenters. The number of piperidine rings is 1. The van der Waals surface area contributed by atoms with Gasteiger partial charge in [0, 0.05) is 19.6 Å². The fourth-order valence-electron chi connectivity index (χ4n) is 3.29. The Labute approximate surface area is 147 Å². The van der Waals surface area contributed by atoms with Gasteiger partial charge in [0.05, 0.1) is 17.5 Å². The molecular formula is C17H22N2O5S. The molecule has 2 heterocycles. The Morgan fingerprint density at radius 3 is 2.52 bits per heavy atom. The summed E-state index contributed by atoms with van der Waals surface area (Å²) >= 11 is 0. The van der Waals surface area contributed by atoms with Crippen LogP contribution in [0, 0.1) is 0 Å². The molecule has 0 unspecified atom stereocenters. The number of anilines is 1. The molecule has 0 bridgehead atoms. The highest BCUT2D eigenvalue weighted by molar-refractivity contribution is 7.92. The van der Waals surface area contributed by atoms with Crippen molar-refractivity contribution in [1.29, 1.82) is 0 Å². The van der Waals surface area contributed by atoms with Crippen LogP contribution in [0.2, 0.25) is 0 Å². The number of rotatable bonds is 4. The van der Waals surface area contributed by atoms with Gasteiger partial charge in [0.25, 0.3) is 5.91 Å². The molecule has 0 N–H and O–H groups in total. The first kappa shape index (κ1) is 17.7. The van der Waals surface area contributed by atoms with E-state index in [4.69, 9.17) is 4.74 Å². The smallest absolute Gasteiger partial charge is 0.338 e. The molecule has 25 heavy (non-hydrogen) atoms. The Kier molecular flexibility index (Phi) is 4.99. The SMILES string of the molecule is CS(=O)(=O)N1CCc2cc(C(=O)OCC(=O)N3CCCCC3)ccc21. The highest BCUT2D eigenvalue weighted by Gasteiger charge is 2.27. The molecule has 1 fully saturated rings. The minimum absolute atomic E-state index is 0.169. The number of esters is 1. The Bertz CT molecular complexity index is 784. The summed E-state index contributed by atoms with van der Waals surface area (Å²) in [5.41, 5.74) is 1.73. The minimum atomic E-state index is -3.32. The lowest BCUT2D eigenvalue weighted by atomic mass is 10.1. The molecule has 136 valence electrons. The minimum Gasteiger partial charge on any atom is -0.452 e. The molecular weight excluding hydrogens is 344 g/mol. The zero-order valence-corrected chi connectivity index (χ0v) is 15.0. The summed E-state index contributed by atoms with van der Waals surface area (Å²) in [5.74, 6) is -0.733. The number of amides is 1. The van der Waals surface area contributed by atoms with Crippen LogP contribution in [-0.4, -0.2) is 57.7 Å². The first-order valence-electron chi connectivity index (χ1n) is 8.42. The van der Waals surface area contributed by atoms with E-state index in [0.29, 0.717) is 24.2 Å². The second kappa shape index (κ2) is 7.03. The van der Waals surface area contributed by atoms with Crippen molar-refractivity contribution in [2.45, 2.75) is 25.7 Å². The van der Waals surface area contributed by atoms with Crippen LogP contribution < -0.4 is 4.31 Å². The number of carbonyl (C=O) groups is 2. The first-order valence-corrected chi connectivity index (χ1v) is 10.3. The Balaban J connectivity index is 1.63. The van der Waals surface area contributed by atoms with Crippen LogP contribution in [-0.2, 0) is 26.0 Å². The molecule has 1 aromatic carbocycles. The maximum absolute atomic E-state index is 12.2. The summed E-state index contributed by atoms with van der Waals surface area (Å²) in [6.07, 6.45) is 4.82. The molecule has 7 nitrogen and oxygen atoms in total. The van der Waals surface area contributed by atoms with E-state index in [-0.39, 0.29) is 12.5 Å². The van der Waals surface area contributed by atoms with Crippen LogP contribution >= 0.6 is 0 Å². The number of likely N-dealkylation sites (tertiary alicyclic amines) is 1. The Morgan fingerprint density at radius 1 is 1.12 bits per heavy atom. The summed E-state index contributed by atoms with van der Waals surface area (Å²) in [6.45, 7) is 1.55. The van der Waals surface area contributed by atoms with Crippen molar-refractivity contribution < 1.29 is 22.7 Å². The van der Waals surface area contributed by atoms with Gasteiger partial charge in [-0.25, -0.2) is 13.2 Å². The van der Waals surface area contributed by atoms with Crippen LogP contribution in [0.1, 0.15) is 35.2 Å². The molecule has 2 aliphatic heterocycles. The van der Waals surface area contributed by atoms with E-state index >= 15 is 0 Å². The van der Waals surface area contributed by atoms with Gasteiger partial charge >= 0.3 is 5.97 Å². The highest BCUT2D eigenvalue weighted by Crippen LogP contribution is 2.30. The average molecular weight is 366 g/mol. The number of hydrogen-bond acceptors (Lipinski definition) is 5. The molecule has 1 saturated heterocycles. The van der Waals surface area contributed by atoms with Crippen molar-refractivity contribution in [3.63, 3.8) is 0 Å². The van der Waals surface area contributed by atoms with Crippen LogP contribution in [0.25, 0.3) is 0 Å². The fraction of sp³-hybridized carbons (Fsp3) is 0.529. The normalized spacial score (nSPS) is 17.3. The van der Waals surface area contributed by atoms with Gasteiger partial charge < -0.3 is 9.64 Å². The van der Waals surface area contributed by atoms with Crippen molar-refractivity contribution in [1.82, 2.24) is 4.90 Å². The van der Waals surface area contributed by atoms with Gasteiger partial charge in [-0.05, 0) is 49.4 Å². The van der Waals surface area contributed by atoms with E-state index in [1.807, 2.05) is 0 Å². The average Bonchev–Trinajstić information content (AvgIpc) is 3.03. The van der Waals surface area contributed by atoms with Crippen LogP contribution in [0.4, 0.5) is 5.69 Å². The molecule has 0 saturated carbocycles. The fourth-order valence-corrected chi connectivity index (χ4v) is 4.25. The molecule has 1 aromatic rings. The van der Waals surface area contributed by atoms with Crippen LogP contribution in [0.5, 0.6) is 0 Å². The lowest BCUT2D eigenvalue weighted by Crippen LogP contribution is -2.38. The van der Waals surface area contributed by atoms with Gasteiger partial charge in [-0.3, -0.25) is 9.10 Å². The van der Waals surface area contributed by atoms with Crippen molar-refractivity contribution in [2.24, 2.45) is 0 Å². The third-order valence-corrected chi connectivity index (χ3v) is 5.78. The standard InChI is InChI=1S/C17H22N2O5S/c1-25(22,23)19-10-7-13-11-14(5-6-15(13)19)17(21)24-12-16(20)18-8-3-2-4-9-18/h5-6,11H,2-4,7-10,12H2,1H3. The van der Waals surface area contributed by atoms with Crippen molar-refractivity contribution in [3.05, 3.63) is 29.3 Å². The second-order valence-electron chi connectivity index (χ2n) is 6.45. The van der Waals surface area contributed by atoms with E-state index in [1.165, 1.54) is 10.4 Å². The van der Waals surface area contributed by atoms with E-state index in [0.717, 1.165) is 44.2 Å². The van der Waals surface area contributed by atoms with Crippen molar-refractivity contribution in [2.75, 3.05) is 36.8 Å². The van der Waals surface area contributed by atoms with Gasteiger partial charge in [0.1, 0.15) is 0 Å². The Morgan fingerprint density at radius 2 is 1.84 bits per heavy atom. The van der Waals surface area contributed by atoms with Gasteiger partial charge in [0.15, 0.2) is 6.61 Å². The van der Waals surface area contributed by atoms with Gasteiger partial charge in [0.2, 0.25) is 10.0 Å². The number of benzene rings is 1. The van der Waals surface area contributed by atoms with Crippen LogP contribution in [0.3, 0.4) is 0 Å². The number of ether oxygens (including phenoxy) is 1. The summed E-state index contributed by atoms with van der Waals surface area (Å²) < 4.78 is 29.9. The first-order chi connectivity index (χ1) is 11.9. The number of sulfonamides is 1. The lowest BCUT2D eigenvalue weighted by Gasteiger charge is -2.26. The third kappa shape index (κ3) is 3.95. The molecule has 8 heteroatoms. The summed E-state index contributed by atoms with van der Waals surface area (Å²) in [6, 6.07) is 4.80. The maximum Gasteiger partial charge on any atom is 0.338 e. The van der Waals surface area contributed by atoms with Crippen molar-refractivity contribution >= 4 is 27.6 Å². The molecule has 3 rings (SSSR count). The van der Waals surface area contributed by atoms with Gasteiger partial charge in [-0.15, -0.1) is 0 Å². The lowest BCUT2D eigenvalue weighted by molar-refractivity contribution is -0.135. The maximum atomic E-state index is 12.2. The molecule has 0 aliphatic carbocycles. The second-order valence-corrected chi connectivity index (χ2v) is 8.35. The van der Waals surface area contributed by atoms with E-state index < -0.39 is 16.0 Å². The number of nitrogens with zero attached hydrogens (tertiary/aromatic N) is 2. The van der Waals surface area contributed by atoms with Gasteiger partial charge in [-0.2, -0.15) is 0 Å². The summed E-state index contributed by atoms with van der Waals surface area (Å²) in [5, 5.41) is 0. The van der Waals surface area contributed by atoms with Crippen molar-refractivity contribution in [3.8, 4) is 0 Å². The predicted molar refractivity (Wildman–Crippen MR) is 93.0 cm³/mol. The predicted octanol–water partition coefficient (Wildman–Crippen LogP) is 1.18. The third-order valence-electron chi connectivity index (χ3n) is 4.60. The quantitative estimate of drug-likeness (QED) is 0.747. The topological polar surface area (TPSA) is 84.0 Å². The number of carbonyl (C=O) groups excluding carboxylic acids is 2. The van der Waals surface area contributed by atoms with Crippen LogP contribution in [0.15, 0.2) is 18.2 Å². The molecule has 1 amide bonds. The zero-order chi connectivity index (χ0) is 18.0. The van der Waals surface area contributed by atoms with Gasteiger partial charge in [-0.1, -0.05) is 0 Å². The molecule has 0 spiro atoms. The monoisotopic (exact) mass is 366 g/mol. The number of hydrogen-bond donors (Lipinski definition) is 0. The molecule has 2 aliphatic rings. The Hall–Kier alpha value is -2.09. The molecule has 0 radical (unpaired) electrons. The van der Waals surface area contributed by atoms with E-state index in [1.54, 1.807) is 17.0 Å². The largest absolute Gasteiger partial charge is 0.452 e. The number of fused-ring (bicyclic) bond motifs is 1. The molecule has 0 aromatic heterocycles.